The Morgan fingerprint density at radius 3 is 2.38 bits per heavy atom. The van der Waals surface area contributed by atoms with Crippen molar-refractivity contribution < 1.29 is 9.66 Å². The molecule has 0 aliphatic heterocycles. The molecule has 3 aromatic carbocycles. The first kappa shape index (κ1) is 21.4. The maximum Gasteiger partial charge on any atom is 0.269 e. The lowest BCUT2D eigenvalue weighted by atomic mass is 10.0. The van der Waals surface area contributed by atoms with Crippen molar-refractivity contribution in [1.82, 2.24) is 4.98 Å². The van der Waals surface area contributed by atoms with E-state index in [4.69, 9.17) is 9.72 Å². The van der Waals surface area contributed by atoms with Crippen molar-refractivity contribution in [2.45, 2.75) is 13.3 Å². The molecule has 32 heavy (non-hydrogen) atoms. The van der Waals surface area contributed by atoms with Gasteiger partial charge in [0.05, 0.1) is 22.6 Å². The minimum absolute atomic E-state index is 0.0570. The second-order valence-corrected chi connectivity index (χ2v) is 8.01. The SMILES string of the molecule is CCc1ccc(-c2nc(N=Cc3ccccc3OC)sc2-c2ccc([N+](=O)[O-])cc2)cc1. The number of nitro groups is 1. The number of aryl methyl sites for hydroxylation is 1. The summed E-state index contributed by atoms with van der Waals surface area (Å²) in [5.74, 6) is 0.735. The van der Waals surface area contributed by atoms with Crippen LogP contribution in [-0.2, 0) is 6.42 Å². The zero-order chi connectivity index (χ0) is 22.5. The van der Waals surface area contributed by atoms with E-state index >= 15 is 0 Å². The minimum Gasteiger partial charge on any atom is -0.496 e. The molecule has 7 heteroatoms. The summed E-state index contributed by atoms with van der Waals surface area (Å²) in [6.45, 7) is 2.12. The molecule has 1 heterocycles. The number of hydrogen-bond donors (Lipinski definition) is 0. The highest BCUT2D eigenvalue weighted by Gasteiger charge is 2.16. The van der Waals surface area contributed by atoms with E-state index in [1.54, 1.807) is 25.5 Å². The van der Waals surface area contributed by atoms with Crippen molar-refractivity contribution in [2.75, 3.05) is 7.11 Å². The largest absolute Gasteiger partial charge is 0.496 e. The summed E-state index contributed by atoms with van der Waals surface area (Å²) in [5.41, 5.74) is 4.80. The standard InChI is InChI=1S/C25H21N3O3S/c1-3-17-8-10-18(11-9-17)23-24(19-12-14-21(15-13-19)28(29)30)32-25(27-23)26-16-20-6-4-5-7-22(20)31-2/h4-16H,3H2,1-2H3. The minimum atomic E-state index is -0.399. The van der Waals surface area contributed by atoms with Gasteiger partial charge in [0.15, 0.2) is 0 Å². The number of nitro benzene ring substituents is 1. The number of ether oxygens (including phenoxy) is 1. The predicted molar refractivity (Wildman–Crippen MR) is 129 cm³/mol. The van der Waals surface area contributed by atoms with E-state index in [0.717, 1.165) is 39.4 Å². The van der Waals surface area contributed by atoms with Crippen LogP contribution in [0.4, 0.5) is 10.8 Å². The molecule has 0 unspecified atom stereocenters. The Morgan fingerprint density at radius 1 is 1.03 bits per heavy atom. The molecule has 0 aliphatic carbocycles. The highest BCUT2D eigenvalue weighted by molar-refractivity contribution is 7.19. The highest BCUT2D eigenvalue weighted by Crippen LogP contribution is 2.40. The Kier molecular flexibility index (Phi) is 6.37. The molecule has 0 radical (unpaired) electrons. The molecule has 0 saturated carbocycles. The molecule has 0 amide bonds. The first-order valence-electron chi connectivity index (χ1n) is 10.1. The topological polar surface area (TPSA) is 77.6 Å². The van der Waals surface area contributed by atoms with E-state index in [2.05, 4.69) is 36.2 Å². The molecular weight excluding hydrogens is 422 g/mol. The third kappa shape index (κ3) is 4.58. The maximum atomic E-state index is 11.0. The Hall–Kier alpha value is -3.84. The third-order valence-electron chi connectivity index (χ3n) is 5.04. The van der Waals surface area contributed by atoms with Crippen LogP contribution in [0.2, 0.25) is 0 Å². The number of thiazole rings is 1. The van der Waals surface area contributed by atoms with Gasteiger partial charge in [-0.3, -0.25) is 10.1 Å². The van der Waals surface area contributed by atoms with E-state index in [1.807, 2.05) is 24.3 Å². The molecule has 0 aliphatic rings. The second kappa shape index (κ2) is 9.53. The van der Waals surface area contributed by atoms with Gasteiger partial charge in [0, 0.05) is 29.5 Å². The van der Waals surface area contributed by atoms with Crippen LogP contribution in [0, 0.1) is 10.1 Å². The zero-order valence-electron chi connectivity index (χ0n) is 17.7. The van der Waals surface area contributed by atoms with E-state index < -0.39 is 4.92 Å². The average molecular weight is 444 g/mol. The molecule has 4 rings (SSSR count). The number of benzene rings is 3. The van der Waals surface area contributed by atoms with Gasteiger partial charge >= 0.3 is 0 Å². The number of para-hydroxylation sites is 1. The average Bonchev–Trinajstić information content (AvgIpc) is 3.27. The number of hydrogen-bond acceptors (Lipinski definition) is 6. The van der Waals surface area contributed by atoms with Gasteiger partial charge in [0.25, 0.3) is 5.69 Å². The normalized spacial score (nSPS) is 11.1. The molecular formula is C25H21N3O3S. The predicted octanol–water partition coefficient (Wildman–Crippen LogP) is 6.71. The Bertz CT molecular complexity index is 1260. The van der Waals surface area contributed by atoms with Crippen molar-refractivity contribution >= 4 is 28.4 Å². The van der Waals surface area contributed by atoms with Crippen molar-refractivity contribution in [1.29, 1.82) is 0 Å². The molecule has 0 fully saturated rings. The molecule has 0 N–H and O–H groups in total. The van der Waals surface area contributed by atoms with Crippen molar-refractivity contribution in [3.8, 4) is 27.4 Å². The van der Waals surface area contributed by atoms with Crippen LogP contribution in [0.25, 0.3) is 21.7 Å². The number of non-ortho nitro benzene ring substituents is 1. The summed E-state index contributed by atoms with van der Waals surface area (Å²) >= 11 is 1.44. The quantitative estimate of drug-likeness (QED) is 0.181. The van der Waals surface area contributed by atoms with Crippen molar-refractivity contribution in [3.63, 3.8) is 0 Å². The van der Waals surface area contributed by atoms with Crippen LogP contribution >= 0.6 is 11.3 Å². The van der Waals surface area contributed by atoms with E-state index in [0.29, 0.717) is 5.13 Å². The van der Waals surface area contributed by atoms with Gasteiger partial charge in [-0.2, -0.15) is 0 Å². The third-order valence-corrected chi connectivity index (χ3v) is 6.06. The van der Waals surface area contributed by atoms with Crippen molar-refractivity contribution in [3.05, 3.63) is 94.0 Å². The fourth-order valence-corrected chi connectivity index (χ4v) is 4.23. The summed E-state index contributed by atoms with van der Waals surface area (Å²) in [4.78, 5) is 20.9. The van der Waals surface area contributed by atoms with Gasteiger partial charge in [0.1, 0.15) is 5.75 Å². The molecule has 0 bridgehead atoms. The van der Waals surface area contributed by atoms with Gasteiger partial charge < -0.3 is 4.74 Å². The number of methoxy groups -OCH3 is 1. The van der Waals surface area contributed by atoms with Gasteiger partial charge in [0.2, 0.25) is 5.13 Å². The van der Waals surface area contributed by atoms with Gasteiger partial charge in [-0.1, -0.05) is 54.7 Å². The zero-order valence-corrected chi connectivity index (χ0v) is 18.5. The fourth-order valence-electron chi connectivity index (χ4n) is 3.29. The molecule has 4 aromatic rings. The van der Waals surface area contributed by atoms with Crippen LogP contribution in [0.3, 0.4) is 0 Å². The number of aromatic nitrogens is 1. The van der Waals surface area contributed by atoms with Crippen LogP contribution in [0.5, 0.6) is 5.75 Å². The highest BCUT2D eigenvalue weighted by atomic mass is 32.1. The molecule has 1 aromatic heterocycles. The molecule has 0 atom stereocenters. The Labute approximate surface area is 190 Å². The van der Waals surface area contributed by atoms with E-state index in [9.17, 15) is 10.1 Å². The lowest BCUT2D eigenvalue weighted by molar-refractivity contribution is -0.384. The van der Waals surface area contributed by atoms with Crippen LogP contribution < -0.4 is 4.74 Å². The molecule has 0 saturated heterocycles. The summed E-state index contributed by atoms with van der Waals surface area (Å²) < 4.78 is 5.39. The number of aliphatic imine (C=N–C) groups is 1. The van der Waals surface area contributed by atoms with E-state index in [1.165, 1.54) is 29.0 Å². The first-order chi connectivity index (χ1) is 15.6. The molecule has 6 nitrogen and oxygen atoms in total. The van der Waals surface area contributed by atoms with Gasteiger partial charge in [-0.05, 0) is 41.8 Å². The monoisotopic (exact) mass is 443 g/mol. The lowest BCUT2D eigenvalue weighted by Gasteiger charge is -2.04. The number of nitrogens with zero attached hydrogens (tertiary/aromatic N) is 3. The molecule has 160 valence electrons. The summed E-state index contributed by atoms with van der Waals surface area (Å²) in [6.07, 6.45) is 2.70. The Morgan fingerprint density at radius 2 is 1.72 bits per heavy atom. The van der Waals surface area contributed by atoms with Gasteiger partial charge in [-0.25, -0.2) is 9.98 Å². The summed E-state index contributed by atoms with van der Waals surface area (Å²) in [6, 6.07) is 22.5. The number of rotatable bonds is 7. The lowest BCUT2D eigenvalue weighted by Crippen LogP contribution is -1.89. The summed E-state index contributed by atoms with van der Waals surface area (Å²) in [5, 5.41) is 11.6. The Balaban J connectivity index is 1.77. The maximum absolute atomic E-state index is 11.0. The van der Waals surface area contributed by atoms with E-state index in [-0.39, 0.29) is 5.69 Å². The van der Waals surface area contributed by atoms with Gasteiger partial charge in [-0.15, -0.1) is 0 Å². The fraction of sp³-hybridized carbons (Fsp3) is 0.120. The first-order valence-corrected chi connectivity index (χ1v) is 10.9. The summed E-state index contributed by atoms with van der Waals surface area (Å²) in [7, 11) is 1.63. The van der Waals surface area contributed by atoms with Crippen molar-refractivity contribution in [2.24, 2.45) is 4.99 Å². The molecule has 0 spiro atoms. The second-order valence-electron chi connectivity index (χ2n) is 7.03. The van der Waals surface area contributed by atoms with Crippen LogP contribution in [0.1, 0.15) is 18.1 Å². The van der Waals surface area contributed by atoms with Crippen LogP contribution in [-0.4, -0.2) is 23.2 Å². The smallest absolute Gasteiger partial charge is 0.269 e. The van der Waals surface area contributed by atoms with Crippen LogP contribution in [0.15, 0.2) is 77.8 Å².